The molecule has 0 radical (unpaired) electrons. The highest BCUT2D eigenvalue weighted by molar-refractivity contribution is 5.77. The average Bonchev–Trinajstić information content (AvgIpc) is 3.04. The van der Waals surface area contributed by atoms with Gasteiger partial charge >= 0.3 is 0 Å². The Morgan fingerprint density at radius 1 is 0.818 bits per heavy atom. The maximum atomic E-state index is 5.41. The molecule has 0 saturated heterocycles. The maximum absolute atomic E-state index is 5.41. The van der Waals surface area contributed by atoms with E-state index in [1.807, 2.05) is 0 Å². The van der Waals surface area contributed by atoms with Crippen LogP contribution in [0, 0.1) is 0 Å². The number of rotatable bonds is 14. The zero-order chi connectivity index (χ0) is 15.7. The summed E-state index contributed by atoms with van der Waals surface area (Å²) in [6.07, 6.45) is 24.5. The largest absolute Gasteiger partial charge is 0.479 e. The highest BCUT2D eigenvalue weighted by atomic mass is 16.5. The SMILES string of the molecule is CCCC/C=C\CC/C=C/CCCCCCCC1=NCCO1. The van der Waals surface area contributed by atoms with E-state index in [2.05, 4.69) is 36.2 Å². The van der Waals surface area contributed by atoms with Crippen molar-refractivity contribution >= 4 is 5.90 Å². The minimum Gasteiger partial charge on any atom is -0.479 e. The van der Waals surface area contributed by atoms with Crippen LogP contribution < -0.4 is 0 Å². The van der Waals surface area contributed by atoms with Gasteiger partial charge in [-0.2, -0.15) is 0 Å². The molecule has 0 fully saturated rings. The van der Waals surface area contributed by atoms with Gasteiger partial charge in [-0.25, -0.2) is 0 Å². The Balaban J connectivity index is 1.77. The van der Waals surface area contributed by atoms with Gasteiger partial charge in [0, 0.05) is 6.42 Å². The Labute approximate surface area is 137 Å². The zero-order valence-corrected chi connectivity index (χ0v) is 14.6. The highest BCUT2D eigenvalue weighted by Crippen LogP contribution is 2.10. The fraction of sp³-hybridized carbons (Fsp3) is 0.750. The van der Waals surface area contributed by atoms with Gasteiger partial charge in [-0.05, 0) is 38.5 Å². The van der Waals surface area contributed by atoms with Crippen LogP contribution in [0.4, 0.5) is 0 Å². The van der Waals surface area contributed by atoms with E-state index in [9.17, 15) is 0 Å². The van der Waals surface area contributed by atoms with Crippen molar-refractivity contribution in [2.45, 2.75) is 84.0 Å². The minimum absolute atomic E-state index is 0.802. The van der Waals surface area contributed by atoms with Gasteiger partial charge in [0.25, 0.3) is 0 Å². The lowest BCUT2D eigenvalue weighted by atomic mass is 10.1. The summed E-state index contributed by atoms with van der Waals surface area (Å²) < 4.78 is 5.41. The number of unbranched alkanes of at least 4 members (excludes halogenated alkanes) is 8. The molecular formula is C20H35NO. The number of ether oxygens (including phenoxy) is 1. The van der Waals surface area contributed by atoms with E-state index in [4.69, 9.17) is 4.74 Å². The van der Waals surface area contributed by atoms with E-state index < -0.39 is 0 Å². The van der Waals surface area contributed by atoms with Crippen molar-refractivity contribution in [2.75, 3.05) is 13.2 Å². The van der Waals surface area contributed by atoms with Gasteiger partial charge in [0.2, 0.25) is 0 Å². The molecule has 2 nitrogen and oxygen atoms in total. The van der Waals surface area contributed by atoms with Crippen molar-refractivity contribution in [3.05, 3.63) is 24.3 Å². The summed E-state index contributed by atoms with van der Waals surface area (Å²) in [6.45, 7) is 3.92. The Bertz CT molecular complexity index is 331. The molecule has 126 valence electrons. The lowest BCUT2D eigenvalue weighted by Crippen LogP contribution is -1.98. The van der Waals surface area contributed by atoms with Gasteiger partial charge in [-0.15, -0.1) is 0 Å². The molecule has 0 unspecified atom stereocenters. The van der Waals surface area contributed by atoms with Crippen LogP contribution in [0.5, 0.6) is 0 Å². The molecule has 1 aliphatic rings. The smallest absolute Gasteiger partial charge is 0.183 e. The number of allylic oxidation sites excluding steroid dienone is 4. The molecule has 0 aromatic carbocycles. The normalized spacial score (nSPS) is 14.9. The second kappa shape index (κ2) is 14.9. The Hall–Kier alpha value is -1.05. The molecule has 0 aromatic rings. The molecule has 2 heteroatoms. The molecule has 0 bridgehead atoms. The molecule has 1 rings (SSSR count). The molecule has 0 spiro atoms. The highest BCUT2D eigenvalue weighted by Gasteiger charge is 2.05. The first-order valence-electron chi connectivity index (χ1n) is 9.39. The molecule has 0 atom stereocenters. The van der Waals surface area contributed by atoms with E-state index in [1.165, 1.54) is 70.6 Å². The third-order valence-corrected chi connectivity index (χ3v) is 3.97. The van der Waals surface area contributed by atoms with Crippen molar-refractivity contribution in [3.63, 3.8) is 0 Å². The van der Waals surface area contributed by atoms with Gasteiger partial charge in [-0.1, -0.05) is 63.3 Å². The Morgan fingerprint density at radius 3 is 2.14 bits per heavy atom. The minimum atomic E-state index is 0.802. The fourth-order valence-electron chi connectivity index (χ4n) is 2.59. The first kappa shape index (κ1) is 19.0. The van der Waals surface area contributed by atoms with Crippen LogP contribution in [0.15, 0.2) is 29.3 Å². The average molecular weight is 306 g/mol. The summed E-state index contributed by atoms with van der Waals surface area (Å²) in [4.78, 5) is 4.32. The van der Waals surface area contributed by atoms with Crippen LogP contribution in [-0.4, -0.2) is 19.0 Å². The van der Waals surface area contributed by atoms with E-state index in [0.29, 0.717) is 0 Å². The van der Waals surface area contributed by atoms with Gasteiger partial charge in [0.15, 0.2) is 5.90 Å². The van der Waals surface area contributed by atoms with E-state index in [0.717, 1.165) is 25.5 Å². The third-order valence-electron chi connectivity index (χ3n) is 3.97. The van der Waals surface area contributed by atoms with E-state index in [-0.39, 0.29) is 0 Å². The van der Waals surface area contributed by atoms with Crippen LogP contribution >= 0.6 is 0 Å². The van der Waals surface area contributed by atoms with E-state index in [1.54, 1.807) is 0 Å². The van der Waals surface area contributed by atoms with Crippen LogP contribution in [0.1, 0.15) is 84.0 Å². The topological polar surface area (TPSA) is 21.6 Å². The number of nitrogens with zero attached hydrogens (tertiary/aromatic N) is 1. The number of hydrogen-bond donors (Lipinski definition) is 0. The second-order valence-electron chi connectivity index (χ2n) is 6.09. The molecule has 22 heavy (non-hydrogen) atoms. The van der Waals surface area contributed by atoms with Crippen LogP contribution in [0.3, 0.4) is 0 Å². The zero-order valence-electron chi connectivity index (χ0n) is 14.6. The van der Waals surface area contributed by atoms with Crippen LogP contribution in [0.2, 0.25) is 0 Å². The van der Waals surface area contributed by atoms with E-state index >= 15 is 0 Å². The second-order valence-corrected chi connectivity index (χ2v) is 6.09. The first-order valence-corrected chi connectivity index (χ1v) is 9.39. The van der Waals surface area contributed by atoms with Crippen molar-refractivity contribution in [2.24, 2.45) is 4.99 Å². The summed E-state index contributed by atoms with van der Waals surface area (Å²) in [7, 11) is 0. The summed E-state index contributed by atoms with van der Waals surface area (Å²) in [5, 5.41) is 0. The summed E-state index contributed by atoms with van der Waals surface area (Å²) in [5.74, 6) is 0.992. The lowest BCUT2D eigenvalue weighted by molar-refractivity contribution is 0.336. The molecule has 1 aliphatic heterocycles. The predicted octanol–water partition coefficient (Wildman–Crippen LogP) is 6.23. The monoisotopic (exact) mass is 305 g/mol. The van der Waals surface area contributed by atoms with Crippen molar-refractivity contribution in [3.8, 4) is 0 Å². The number of aliphatic imine (C=N–C) groups is 1. The third kappa shape index (κ3) is 11.6. The van der Waals surface area contributed by atoms with Crippen molar-refractivity contribution in [1.29, 1.82) is 0 Å². The fourth-order valence-corrected chi connectivity index (χ4v) is 2.59. The van der Waals surface area contributed by atoms with Gasteiger partial charge in [0.1, 0.15) is 6.61 Å². The maximum Gasteiger partial charge on any atom is 0.183 e. The summed E-state index contributed by atoms with van der Waals surface area (Å²) in [6, 6.07) is 0. The molecule has 0 aromatic heterocycles. The van der Waals surface area contributed by atoms with Crippen LogP contribution in [-0.2, 0) is 4.74 Å². The molecule has 0 aliphatic carbocycles. The van der Waals surface area contributed by atoms with Crippen LogP contribution in [0.25, 0.3) is 0 Å². The molecule has 0 N–H and O–H groups in total. The van der Waals surface area contributed by atoms with Gasteiger partial charge in [0.05, 0.1) is 6.54 Å². The molecular weight excluding hydrogens is 270 g/mol. The quantitative estimate of drug-likeness (QED) is 0.275. The summed E-state index contributed by atoms with van der Waals surface area (Å²) in [5.41, 5.74) is 0. The summed E-state index contributed by atoms with van der Waals surface area (Å²) >= 11 is 0. The van der Waals surface area contributed by atoms with Gasteiger partial charge in [-0.3, -0.25) is 4.99 Å². The van der Waals surface area contributed by atoms with Gasteiger partial charge < -0.3 is 4.74 Å². The first-order chi connectivity index (χ1) is 10.9. The van der Waals surface area contributed by atoms with Crippen molar-refractivity contribution in [1.82, 2.24) is 0 Å². The Kier molecular flexibility index (Phi) is 12.8. The number of hydrogen-bond acceptors (Lipinski definition) is 2. The standard InChI is InChI=1S/C20H35NO/c1-2-3-4-5-6-7-8-9-10-11-12-13-14-15-16-17-20-21-18-19-22-20/h5-6,9-10H,2-4,7-8,11-19H2,1H3/b6-5-,10-9+. The molecule has 1 heterocycles. The Morgan fingerprint density at radius 2 is 1.45 bits per heavy atom. The lowest BCUT2D eigenvalue weighted by Gasteiger charge is -2.01. The predicted molar refractivity (Wildman–Crippen MR) is 97.6 cm³/mol. The molecule has 0 amide bonds. The molecule has 0 saturated carbocycles. The van der Waals surface area contributed by atoms with Crippen molar-refractivity contribution < 1.29 is 4.74 Å².